The van der Waals surface area contributed by atoms with Crippen LogP contribution < -0.4 is 0 Å². The first-order chi connectivity index (χ1) is 12.6. The van der Waals surface area contributed by atoms with Crippen molar-refractivity contribution in [1.82, 2.24) is 9.80 Å². The van der Waals surface area contributed by atoms with Gasteiger partial charge >= 0.3 is 0 Å². The van der Waals surface area contributed by atoms with Crippen molar-refractivity contribution in [2.45, 2.75) is 32.2 Å². The predicted octanol–water partition coefficient (Wildman–Crippen LogP) is 3.98. The molecule has 4 rings (SSSR count). The van der Waals surface area contributed by atoms with Crippen molar-refractivity contribution in [3.05, 3.63) is 59.4 Å². The quantitative estimate of drug-likeness (QED) is 0.831. The van der Waals surface area contributed by atoms with Crippen molar-refractivity contribution < 1.29 is 9.18 Å². The van der Waals surface area contributed by atoms with Crippen LogP contribution in [0.25, 0.3) is 11.1 Å². The number of halogens is 1. The third-order valence-electron chi connectivity index (χ3n) is 5.80. The van der Waals surface area contributed by atoms with Crippen LogP contribution in [0.4, 0.5) is 4.39 Å². The molecular formula is C22H25FN2O. The molecule has 136 valence electrons. The molecule has 0 N–H and O–H groups in total. The summed E-state index contributed by atoms with van der Waals surface area (Å²) in [4.78, 5) is 17.3. The van der Waals surface area contributed by atoms with E-state index in [-0.39, 0.29) is 11.7 Å². The number of carbonyl (C=O) groups excluding carboxylic acids is 1. The molecule has 1 saturated heterocycles. The molecule has 0 spiro atoms. The molecule has 2 aromatic carbocycles. The Morgan fingerprint density at radius 2 is 1.81 bits per heavy atom. The number of nitrogens with zero attached hydrogens (tertiary/aromatic N) is 2. The molecule has 0 aromatic heterocycles. The van der Waals surface area contributed by atoms with Gasteiger partial charge in [0.2, 0.25) is 0 Å². The van der Waals surface area contributed by atoms with Crippen LogP contribution in [0, 0.1) is 5.82 Å². The van der Waals surface area contributed by atoms with E-state index >= 15 is 0 Å². The lowest BCUT2D eigenvalue weighted by molar-refractivity contribution is 0.0717. The third-order valence-corrected chi connectivity index (χ3v) is 5.80. The fourth-order valence-electron chi connectivity index (χ4n) is 4.15. The predicted molar refractivity (Wildman–Crippen MR) is 102 cm³/mol. The molecule has 2 heterocycles. The fraction of sp³-hybridized carbons (Fsp3) is 0.409. The summed E-state index contributed by atoms with van der Waals surface area (Å²) in [6.07, 6.45) is 3.42. The molecule has 0 radical (unpaired) electrons. The topological polar surface area (TPSA) is 23.6 Å². The Hall–Kier alpha value is -2.20. The lowest BCUT2D eigenvalue weighted by Crippen LogP contribution is -2.43. The molecule has 0 bridgehead atoms. The van der Waals surface area contributed by atoms with Crippen molar-refractivity contribution in [1.29, 1.82) is 0 Å². The number of carbonyl (C=O) groups is 1. The molecule has 2 aliphatic rings. The molecule has 3 nitrogen and oxygen atoms in total. The summed E-state index contributed by atoms with van der Waals surface area (Å²) in [6, 6.07) is 13.1. The Labute approximate surface area is 154 Å². The number of fused-ring (bicyclic) bond motifs is 1. The maximum absolute atomic E-state index is 13.1. The lowest BCUT2D eigenvalue weighted by Gasteiger charge is -2.31. The van der Waals surface area contributed by atoms with E-state index in [0.717, 1.165) is 54.9 Å². The van der Waals surface area contributed by atoms with Gasteiger partial charge in [-0.3, -0.25) is 9.69 Å². The van der Waals surface area contributed by atoms with Crippen molar-refractivity contribution in [3.63, 3.8) is 0 Å². The summed E-state index contributed by atoms with van der Waals surface area (Å²) in [5.74, 6) is -0.0893. The van der Waals surface area contributed by atoms with Crippen molar-refractivity contribution >= 4 is 5.91 Å². The van der Waals surface area contributed by atoms with Gasteiger partial charge in [-0.05, 0) is 67.6 Å². The highest BCUT2D eigenvalue weighted by Gasteiger charge is 2.26. The van der Waals surface area contributed by atoms with Gasteiger partial charge in [0, 0.05) is 31.2 Å². The van der Waals surface area contributed by atoms with Crippen LogP contribution in [-0.4, -0.2) is 47.9 Å². The number of benzene rings is 2. The number of hydrogen-bond acceptors (Lipinski definition) is 2. The molecule has 0 saturated carbocycles. The van der Waals surface area contributed by atoms with Crippen molar-refractivity contribution in [2.75, 3.05) is 26.2 Å². The van der Waals surface area contributed by atoms with E-state index < -0.39 is 0 Å². The standard InChI is InChI=1S/C22H25FN2O/c1-16-3-2-11-24(16)13-14-25-12-10-19-15-18(6-9-21(19)22(25)26)17-4-7-20(23)8-5-17/h4-9,15-16H,2-3,10-14H2,1H3/t16-/m0/s1. The van der Waals surface area contributed by atoms with Crippen LogP contribution >= 0.6 is 0 Å². The van der Waals surface area contributed by atoms with E-state index in [0.29, 0.717) is 6.04 Å². The zero-order chi connectivity index (χ0) is 18.1. The maximum atomic E-state index is 13.1. The zero-order valence-corrected chi connectivity index (χ0v) is 15.2. The summed E-state index contributed by atoms with van der Waals surface area (Å²) in [5.41, 5.74) is 3.93. The number of hydrogen-bond donors (Lipinski definition) is 0. The van der Waals surface area contributed by atoms with Crippen LogP contribution in [0.15, 0.2) is 42.5 Å². The summed E-state index contributed by atoms with van der Waals surface area (Å²) in [6.45, 7) is 5.98. The van der Waals surface area contributed by atoms with Gasteiger partial charge in [0.05, 0.1) is 0 Å². The van der Waals surface area contributed by atoms with Crippen LogP contribution in [0.3, 0.4) is 0 Å². The van der Waals surface area contributed by atoms with E-state index in [2.05, 4.69) is 17.9 Å². The fourth-order valence-corrected chi connectivity index (χ4v) is 4.15. The van der Waals surface area contributed by atoms with Gasteiger partial charge in [-0.2, -0.15) is 0 Å². The van der Waals surface area contributed by atoms with Gasteiger partial charge in [0.1, 0.15) is 5.82 Å². The largest absolute Gasteiger partial charge is 0.337 e. The minimum atomic E-state index is -0.232. The van der Waals surface area contributed by atoms with E-state index in [1.165, 1.54) is 25.0 Å². The van der Waals surface area contributed by atoms with Gasteiger partial charge in [0.15, 0.2) is 0 Å². The van der Waals surface area contributed by atoms with E-state index in [4.69, 9.17) is 0 Å². The Morgan fingerprint density at radius 3 is 2.54 bits per heavy atom. The minimum Gasteiger partial charge on any atom is -0.337 e. The molecule has 1 amide bonds. The van der Waals surface area contributed by atoms with Gasteiger partial charge < -0.3 is 4.90 Å². The van der Waals surface area contributed by atoms with Gasteiger partial charge in [-0.15, -0.1) is 0 Å². The number of rotatable bonds is 4. The molecule has 0 unspecified atom stereocenters. The van der Waals surface area contributed by atoms with Crippen LogP contribution in [0.2, 0.25) is 0 Å². The van der Waals surface area contributed by atoms with Crippen molar-refractivity contribution in [3.8, 4) is 11.1 Å². The summed E-state index contributed by atoms with van der Waals surface area (Å²) < 4.78 is 13.1. The molecule has 1 fully saturated rings. The highest BCUT2D eigenvalue weighted by atomic mass is 19.1. The van der Waals surface area contributed by atoms with E-state index in [9.17, 15) is 9.18 Å². The first kappa shape index (κ1) is 17.2. The normalized spacial score (nSPS) is 20.5. The first-order valence-electron chi connectivity index (χ1n) is 9.54. The number of likely N-dealkylation sites (tertiary alicyclic amines) is 1. The molecule has 2 aromatic rings. The van der Waals surface area contributed by atoms with Crippen LogP contribution in [0.1, 0.15) is 35.7 Å². The summed E-state index contributed by atoms with van der Waals surface area (Å²) >= 11 is 0. The van der Waals surface area contributed by atoms with Crippen LogP contribution in [0.5, 0.6) is 0 Å². The highest BCUT2D eigenvalue weighted by Crippen LogP contribution is 2.27. The monoisotopic (exact) mass is 352 g/mol. The molecule has 0 aliphatic carbocycles. The molecule has 26 heavy (non-hydrogen) atoms. The first-order valence-corrected chi connectivity index (χ1v) is 9.54. The molecule has 2 aliphatic heterocycles. The van der Waals surface area contributed by atoms with Gasteiger partial charge in [0.25, 0.3) is 5.91 Å². The smallest absolute Gasteiger partial charge is 0.254 e. The maximum Gasteiger partial charge on any atom is 0.254 e. The van der Waals surface area contributed by atoms with Gasteiger partial charge in [-0.1, -0.05) is 24.3 Å². The number of amides is 1. The Kier molecular flexibility index (Phi) is 4.77. The Morgan fingerprint density at radius 1 is 1.04 bits per heavy atom. The second-order valence-electron chi connectivity index (χ2n) is 7.45. The lowest BCUT2D eigenvalue weighted by atomic mass is 9.94. The summed E-state index contributed by atoms with van der Waals surface area (Å²) in [5, 5.41) is 0. The molecular weight excluding hydrogens is 327 g/mol. The second-order valence-corrected chi connectivity index (χ2v) is 7.45. The SMILES string of the molecule is C[C@H]1CCCN1CCN1CCc2cc(-c3ccc(F)cc3)ccc2C1=O. The summed E-state index contributed by atoms with van der Waals surface area (Å²) in [7, 11) is 0. The van der Waals surface area contributed by atoms with Crippen molar-refractivity contribution in [2.24, 2.45) is 0 Å². The minimum absolute atomic E-state index is 0.142. The Balaban J connectivity index is 1.47. The second kappa shape index (κ2) is 7.20. The van der Waals surface area contributed by atoms with Gasteiger partial charge in [-0.25, -0.2) is 4.39 Å². The average molecular weight is 352 g/mol. The molecule has 1 atom stereocenters. The van der Waals surface area contributed by atoms with E-state index in [1.54, 1.807) is 12.1 Å². The van der Waals surface area contributed by atoms with Crippen LogP contribution in [-0.2, 0) is 6.42 Å². The molecule has 4 heteroatoms. The Bertz CT molecular complexity index is 802. The third kappa shape index (κ3) is 3.38. The highest BCUT2D eigenvalue weighted by molar-refractivity contribution is 5.97. The zero-order valence-electron chi connectivity index (χ0n) is 15.2. The van der Waals surface area contributed by atoms with E-state index in [1.807, 2.05) is 17.0 Å². The average Bonchev–Trinajstić information content (AvgIpc) is 3.06.